The molecular weight excluding hydrogens is 370 g/mol. The van der Waals surface area contributed by atoms with Gasteiger partial charge in [-0.15, -0.1) is 0 Å². The molecule has 0 atom stereocenters. The lowest BCUT2D eigenvalue weighted by molar-refractivity contribution is 0.0591. The Morgan fingerprint density at radius 3 is 1.76 bits per heavy atom. The van der Waals surface area contributed by atoms with Crippen molar-refractivity contribution in [1.29, 1.82) is 5.41 Å². The number of hydrogen-bond donors (Lipinski definition) is 3. The smallest absolute Gasteiger partial charge is 0.337 e. The summed E-state index contributed by atoms with van der Waals surface area (Å²) in [5, 5.41) is 8.49. The van der Waals surface area contributed by atoms with Crippen LogP contribution in [0.1, 0.15) is 49.4 Å². The molecule has 1 aliphatic rings. The van der Waals surface area contributed by atoms with Gasteiger partial charge in [-0.2, -0.15) is 0 Å². The van der Waals surface area contributed by atoms with Crippen LogP contribution >= 0.6 is 0 Å². The molecular formula is C22H25N3O4. The molecule has 0 aliphatic heterocycles. The van der Waals surface area contributed by atoms with Crippen LogP contribution in [0.4, 0.5) is 0 Å². The molecule has 152 valence electrons. The topological polar surface area (TPSA) is 128 Å². The first kappa shape index (κ1) is 20.5. The average Bonchev–Trinajstić information content (AvgIpc) is 2.87. The van der Waals surface area contributed by atoms with E-state index in [4.69, 9.17) is 26.4 Å². The van der Waals surface area contributed by atoms with Gasteiger partial charge in [0.25, 0.3) is 0 Å². The Morgan fingerprint density at radius 1 is 0.966 bits per heavy atom. The first-order valence-corrected chi connectivity index (χ1v) is 9.37. The number of nitrogens with two attached hydrogens (primary N) is 2. The Labute approximate surface area is 169 Å². The molecule has 0 heterocycles. The van der Waals surface area contributed by atoms with Crippen molar-refractivity contribution in [2.24, 2.45) is 11.5 Å². The van der Waals surface area contributed by atoms with Crippen LogP contribution in [0.5, 0.6) is 0 Å². The molecule has 0 radical (unpaired) electrons. The predicted molar refractivity (Wildman–Crippen MR) is 109 cm³/mol. The second-order valence-electron chi connectivity index (χ2n) is 7.08. The van der Waals surface area contributed by atoms with Gasteiger partial charge in [0.2, 0.25) is 0 Å². The average molecular weight is 395 g/mol. The summed E-state index contributed by atoms with van der Waals surface area (Å²) >= 11 is 0. The summed E-state index contributed by atoms with van der Waals surface area (Å²) in [6.45, 7) is 0.315. The highest BCUT2D eigenvalue weighted by atomic mass is 16.5. The molecule has 0 spiro atoms. The second kappa shape index (κ2) is 8.05. The van der Waals surface area contributed by atoms with E-state index in [2.05, 4.69) is 0 Å². The highest BCUT2D eigenvalue weighted by Gasteiger charge is 2.42. The van der Waals surface area contributed by atoms with Gasteiger partial charge in [-0.05, 0) is 72.3 Å². The van der Waals surface area contributed by atoms with Gasteiger partial charge in [0.15, 0.2) is 0 Å². The van der Waals surface area contributed by atoms with Crippen LogP contribution in [0.15, 0.2) is 36.4 Å². The van der Waals surface area contributed by atoms with Crippen molar-refractivity contribution in [2.45, 2.75) is 24.7 Å². The lowest BCUT2D eigenvalue weighted by Crippen LogP contribution is -2.44. The van der Waals surface area contributed by atoms with Gasteiger partial charge in [-0.1, -0.05) is 12.1 Å². The van der Waals surface area contributed by atoms with E-state index in [9.17, 15) is 9.59 Å². The zero-order valence-corrected chi connectivity index (χ0v) is 16.6. The lowest BCUT2D eigenvalue weighted by atomic mass is 9.69. The van der Waals surface area contributed by atoms with Crippen LogP contribution in [0.2, 0.25) is 0 Å². The minimum Gasteiger partial charge on any atom is -0.465 e. The fourth-order valence-electron chi connectivity index (χ4n) is 4.25. The number of nitrogens with one attached hydrogen (secondary N) is 1. The number of methoxy groups -OCH3 is 2. The van der Waals surface area contributed by atoms with Crippen LogP contribution in [-0.2, 0) is 27.7 Å². The van der Waals surface area contributed by atoms with Crippen LogP contribution in [-0.4, -0.2) is 38.5 Å². The summed E-state index contributed by atoms with van der Waals surface area (Å²) < 4.78 is 9.69. The van der Waals surface area contributed by atoms with Gasteiger partial charge >= 0.3 is 11.9 Å². The third kappa shape index (κ3) is 3.38. The molecule has 7 heteroatoms. The van der Waals surface area contributed by atoms with Crippen LogP contribution in [0, 0.1) is 5.41 Å². The van der Waals surface area contributed by atoms with Crippen molar-refractivity contribution in [3.05, 3.63) is 69.8 Å². The summed E-state index contributed by atoms with van der Waals surface area (Å²) in [4.78, 5) is 24.0. The van der Waals surface area contributed by atoms with Gasteiger partial charge < -0.3 is 20.9 Å². The molecule has 5 N–H and O–H groups in total. The normalized spacial score (nSPS) is 14.2. The number of aryl methyl sites for hydroxylation is 2. The van der Waals surface area contributed by atoms with E-state index in [1.165, 1.54) is 14.2 Å². The van der Waals surface area contributed by atoms with Gasteiger partial charge in [0, 0.05) is 0 Å². The van der Waals surface area contributed by atoms with Crippen molar-refractivity contribution in [1.82, 2.24) is 0 Å². The summed E-state index contributed by atoms with van der Waals surface area (Å²) in [6.07, 6.45) is 1.67. The molecule has 2 aromatic carbocycles. The number of hydrogen-bond acceptors (Lipinski definition) is 6. The number of amidine groups is 1. The Hall–Kier alpha value is -3.19. The number of carbonyl (C=O) groups is 2. The summed E-state index contributed by atoms with van der Waals surface area (Å²) in [7, 11) is 2.68. The quantitative estimate of drug-likeness (QED) is 0.403. The van der Waals surface area contributed by atoms with E-state index in [1.807, 2.05) is 12.1 Å². The van der Waals surface area contributed by atoms with Crippen molar-refractivity contribution >= 4 is 17.8 Å². The van der Waals surface area contributed by atoms with Crippen LogP contribution in [0.25, 0.3) is 0 Å². The lowest BCUT2D eigenvalue weighted by Gasteiger charge is -2.35. The van der Waals surface area contributed by atoms with Gasteiger partial charge in [-0.3, -0.25) is 5.41 Å². The van der Waals surface area contributed by atoms with Crippen molar-refractivity contribution in [3.63, 3.8) is 0 Å². The fraction of sp³-hybridized carbons (Fsp3) is 0.318. The summed E-state index contributed by atoms with van der Waals surface area (Å²) in [6, 6.07) is 10.6. The maximum absolute atomic E-state index is 12.0. The molecule has 2 aromatic rings. The number of carbonyl (C=O) groups excluding carboxylic acids is 2. The Bertz CT molecular complexity index is 917. The van der Waals surface area contributed by atoms with Gasteiger partial charge in [0.05, 0.1) is 30.8 Å². The highest BCUT2D eigenvalue weighted by Crippen LogP contribution is 2.42. The highest BCUT2D eigenvalue weighted by molar-refractivity contribution is 5.96. The van der Waals surface area contributed by atoms with E-state index in [0.717, 1.165) is 22.3 Å². The van der Waals surface area contributed by atoms with E-state index < -0.39 is 17.4 Å². The first-order chi connectivity index (χ1) is 13.9. The minimum atomic E-state index is -0.931. The number of fused-ring (bicyclic) bond motifs is 2. The molecule has 29 heavy (non-hydrogen) atoms. The zero-order chi connectivity index (χ0) is 21.2. The monoisotopic (exact) mass is 395 g/mol. The predicted octanol–water partition coefficient (Wildman–Crippen LogP) is 1.93. The molecule has 7 nitrogen and oxygen atoms in total. The van der Waals surface area contributed by atoms with Crippen LogP contribution < -0.4 is 11.5 Å². The number of benzene rings is 2. The molecule has 0 amide bonds. The van der Waals surface area contributed by atoms with Gasteiger partial charge in [-0.25, -0.2) is 9.59 Å². The van der Waals surface area contributed by atoms with Gasteiger partial charge in [0.1, 0.15) is 5.84 Å². The Morgan fingerprint density at radius 2 is 1.41 bits per heavy atom. The molecule has 0 saturated carbocycles. The molecule has 0 fully saturated rings. The van der Waals surface area contributed by atoms with Crippen molar-refractivity contribution in [3.8, 4) is 0 Å². The molecule has 0 bridgehead atoms. The largest absolute Gasteiger partial charge is 0.465 e. The van der Waals surface area contributed by atoms with E-state index in [0.29, 0.717) is 36.9 Å². The Kier molecular flexibility index (Phi) is 5.70. The van der Waals surface area contributed by atoms with Crippen LogP contribution in [0.3, 0.4) is 0 Å². The molecule has 3 rings (SSSR count). The summed E-state index contributed by atoms with van der Waals surface area (Å²) in [5.41, 5.74) is 15.6. The number of esters is 2. The van der Waals surface area contributed by atoms with E-state index >= 15 is 0 Å². The second-order valence-corrected chi connectivity index (χ2v) is 7.08. The number of ether oxygens (including phenoxy) is 2. The maximum Gasteiger partial charge on any atom is 0.337 e. The van der Waals surface area contributed by atoms with Crippen molar-refractivity contribution < 1.29 is 19.1 Å². The molecule has 0 saturated heterocycles. The minimum absolute atomic E-state index is 0.0241. The first-order valence-electron chi connectivity index (χ1n) is 9.37. The van der Waals surface area contributed by atoms with Crippen molar-refractivity contribution in [2.75, 3.05) is 20.8 Å². The number of rotatable bonds is 5. The SMILES string of the molecule is COC(=O)c1ccc2c(c1)CCc1cc(C(=O)OC)ccc1C2(CCN)C(=N)N. The van der Waals surface area contributed by atoms with E-state index in [-0.39, 0.29) is 5.84 Å². The molecule has 1 aliphatic carbocycles. The summed E-state index contributed by atoms with van der Waals surface area (Å²) in [5.74, 6) is -0.867. The third-order valence-electron chi connectivity index (χ3n) is 5.62. The standard InChI is InChI=1S/C22H25N3O4/c1-28-19(26)15-5-7-17-13(11-15)3-4-14-12-16(20(27)29-2)6-8-18(14)22(17,9-10-23)21(24)25/h5-8,11-12H,3-4,9-10,23H2,1-2H3,(H3,24,25). The third-order valence-corrected chi connectivity index (χ3v) is 5.62. The van der Waals surface area contributed by atoms with E-state index in [1.54, 1.807) is 24.3 Å². The maximum atomic E-state index is 12.0. The Balaban J connectivity index is 2.27. The zero-order valence-electron chi connectivity index (χ0n) is 16.6. The fourth-order valence-corrected chi connectivity index (χ4v) is 4.25. The molecule has 0 unspecified atom stereocenters. The molecule has 0 aromatic heterocycles.